The van der Waals surface area contributed by atoms with Gasteiger partial charge in [0.25, 0.3) is 0 Å². The molecule has 0 radical (unpaired) electrons. The third kappa shape index (κ3) is 5.66. The number of nitrogens with one attached hydrogen (secondary N) is 1. The number of aliphatic hydroxyl groups excluding tert-OH is 1. The number of halogens is 1. The molecule has 2 rings (SSSR count). The number of carbonyl (C=O) groups is 1. The molecular weight excluding hydrogens is 309 g/mol. The molecule has 4 nitrogen and oxygen atoms in total. The molecule has 0 aromatic heterocycles. The van der Waals surface area contributed by atoms with Gasteiger partial charge in [-0.05, 0) is 42.7 Å². The van der Waals surface area contributed by atoms with Crippen LogP contribution in [0.15, 0.2) is 48.5 Å². The molecule has 0 fully saturated rings. The smallest absolute Gasteiger partial charge is 0.220 e. The van der Waals surface area contributed by atoms with Gasteiger partial charge in [0, 0.05) is 13.0 Å². The maximum atomic E-state index is 13.1. The lowest BCUT2D eigenvalue weighted by Gasteiger charge is -2.13. The van der Waals surface area contributed by atoms with Gasteiger partial charge < -0.3 is 15.2 Å². The molecule has 0 spiro atoms. The van der Waals surface area contributed by atoms with Gasteiger partial charge in [-0.2, -0.15) is 0 Å². The van der Waals surface area contributed by atoms with Crippen molar-refractivity contribution in [3.8, 4) is 5.75 Å². The first-order valence-electron chi connectivity index (χ1n) is 7.95. The maximum Gasteiger partial charge on any atom is 0.220 e. The highest BCUT2D eigenvalue weighted by Crippen LogP contribution is 2.16. The summed E-state index contributed by atoms with van der Waals surface area (Å²) in [4.78, 5) is 11.8. The Morgan fingerprint density at radius 2 is 2.04 bits per heavy atom. The van der Waals surface area contributed by atoms with Gasteiger partial charge >= 0.3 is 0 Å². The molecule has 5 heteroatoms. The summed E-state index contributed by atoms with van der Waals surface area (Å²) in [7, 11) is 0. The number of ether oxygens (including phenoxy) is 1. The summed E-state index contributed by atoms with van der Waals surface area (Å²) in [5.74, 6) is 0.240. The van der Waals surface area contributed by atoms with E-state index < -0.39 is 11.9 Å². The van der Waals surface area contributed by atoms with Crippen molar-refractivity contribution < 1.29 is 19.0 Å². The Kier molecular flexibility index (Phi) is 6.75. The number of amides is 1. The second-order valence-electron chi connectivity index (χ2n) is 5.59. The summed E-state index contributed by atoms with van der Waals surface area (Å²) in [5, 5.41) is 12.6. The summed E-state index contributed by atoms with van der Waals surface area (Å²) in [5.41, 5.74) is 1.50. The van der Waals surface area contributed by atoms with Gasteiger partial charge in [0.2, 0.25) is 5.91 Å². The van der Waals surface area contributed by atoms with E-state index in [4.69, 9.17) is 4.74 Å². The molecule has 2 N–H and O–H groups in total. The van der Waals surface area contributed by atoms with E-state index in [2.05, 4.69) is 5.32 Å². The summed E-state index contributed by atoms with van der Waals surface area (Å²) in [6.45, 7) is 2.47. The second kappa shape index (κ2) is 9.03. The van der Waals surface area contributed by atoms with Gasteiger partial charge in [-0.15, -0.1) is 0 Å². The largest absolute Gasteiger partial charge is 0.493 e. The molecule has 1 unspecified atom stereocenters. The van der Waals surface area contributed by atoms with E-state index in [-0.39, 0.29) is 12.5 Å². The molecule has 0 bridgehead atoms. The molecule has 2 aromatic rings. The Balaban J connectivity index is 1.65. The number of aryl methyl sites for hydroxylation is 1. The van der Waals surface area contributed by atoms with Gasteiger partial charge in [0.05, 0.1) is 12.7 Å². The number of aliphatic hydroxyl groups is 1. The van der Waals surface area contributed by atoms with Crippen molar-refractivity contribution in [2.24, 2.45) is 0 Å². The van der Waals surface area contributed by atoms with Crippen LogP contribution in [0.1, 0.15) is 30.1 Å². The highest BCUT2D eigenvalue weighted by molar-refractivity contribution is 5.75. The fourth-order valence-corrected chi connectivity index (χ4v) is 2.26. The van der Waals surface area contributed by atoms with Crippen LogP contribution in [-0.4, -0.2) is 24.2 Å². The van der Waals surface area contributed by atoms with Crippen molar-refractivity contribution >= 4 is 5.91 Å². The van der Waals surface area contributed by atoms with E-state index in [9.17, 15) is 14.3 Å². The third-order valence-electron chi connectivity index (χ3n) is 3.63. The molecule has 0 saturated heterocycles. The topological polar surface area (TPSA) is 58.6 Å². The number of hydrogen-bond donors (Lipinski definition) is 2. The lowest BCUT2D eigenvalue weighted by molar-refractivity contribution is -0.121. The molecule has 0 aliphatic carbocycles. The highest BCUT2D eigenvalue weighted by atomic mass is 19.1. The van der Waals surface area contributed by atoms with E-state index in [1.165, 1.54) is 18.2 Å². The van der Waals surface area contributed by atoms with E-state index in [0.29, 0.717) is 25.0 Å². The first-order valence-corrected chi connectivity index (χ1v) is 7.95. The fraction of sp³-hybridized carbons (Fsp3) is 0.316. The minimum absolute atomic E-state index is 0.0565. The van der Waals surface area contributed by atoms with E-state index in [1.807, 2.05) is 31.2 Å². The normalized spacial score (nSPS) is 11.8. The molecular formula is C19H22FNO3. The van der Waals surface area contributed by atoms with Crippen LogP contribution in [0.3, 0.4) is 0 Å². The van der Waals surface area contributed by atoms with Gasteiger partial charge in [-0.3, -0.25) is 4.79 Å². The molecule has 128 valence electrons. The Morgan fingerprint density at radius 1 is 1.25 bits per heavy atom. The summed E-state index contributed by atoms with van der Waals surface area (Å²) < 4.78 is 18.7. The first kappa shape index (κ1) is 17.9. The predicted molar refractivity (Wildman–Crippen MR) is 90.3 cm³/mol. The standard InChI is InChI=1S/C19H22FNO3/c1-14-6-2-3-9-18(14)24-11-5-10-19(23)21-13-17(22)15-7-4-8-16(20)12-15/h2-4,6-9,12,17,22H,5,10-11,13H2,1H3,(H,21,23). The van der Waals surface area contributed by atoms with Crippen LogP contribution < -0.4 is 10.1 Å². The maximum absolute atomic E-state index is 13.1. The van der Waals surface area contributed by atoms with Crippen LogP contribution in [-0.2, 0) is 4.79 Å². The number of para-hydroxylation sites is 1. The zero-order valence-electron chi connectivity index (χ0n) is 13.7. The van der Waals surface area contributed by atoms with Crippen LogP contribution >= 0.6 is 0 Å². The van der Waals surface area contributed by atoms with Crippen LogP contribution in [0.5, 0.6) is 5.75 Å². The summed E-state index contributed by atoms with van der Waals surface area (Å²) in [6.07, 6.45) is -0.0364. The number of rotatable bonds is 8. The molecule has 1 atom stereocenters. The summed E-state index contributed by atoms with van der Waals surface area (Å²) in [6, 6.07) is 13.4. The molecule has 0 aliphatic rings. The van der Waals surface area contributed by atoms with Gasteiger partial charge in [-0.1, -0.05) is 30.3 Å². The van der Waals surface area contributed by atoms with Crippen LogP contribution in [0.25, 0.3) is 0 Å². The van der Waals surface area contributed by atoms with Gasteiger partial charge in [-0.25, -0.2) is 4.39 Å². The van der Waals surface area contributed by atoms with Crippen LogP contribution in [0.4, 0.5) is 4.39 Å². The van der Waals surface area contributed by atoms with Gasteiger partial charge in [0.1, 0.15) is 11.6 Å². The van der Waals surface area contributed by atoms with Gasteiger partial charge in [0.15, 0.2) is 0 Å². The average molecular weight is 331 g/mol. The number of hydrogen-bond acceptors (Lipinski definition) is 3. The molecule has 0 heterocycles. The zero-order valence-corrected chi connectivity index (χ0v) is 13.7. The molecule has 1 amide bonds. The Labute approximate surface area is 141 Å². The minimum atomic E-state index is -0.923. The van der Waals surface area contributed by atoms with E-state index >= 15 is 0 Å². The van der Waals surface area contributed by atoms with Crippen molar-refractivity contribution in [1.29, 1.82) is 0 Å². The van der Waals surface area contributed by atoms with Crippen molar-refractivity contribution in [2.75, 3.05) is 13.2 Å². The zero-order chi connectivity index (χ0) is 17.4. The fourth-order valence-electron chi connectivity index (χ4n) is 2.26. The van der Waals surface area contributed by atoms with Crippen molar-refractivity contribution in [1.82, 2.24) is 5.32 Å². The van der Waals surface area contributed by atoms with Crippen molar-refractivity contribution in [3.05, 3.63) is 65.5 Å². The Hall–Kier alpha value is -2.40. The lowest BCUT2D eigenvalue weighted by atomic mass is 10.1. The third-order valence-corrected chi connectivity index (χ3v) is 3.63. The molecule has 24 heavy (non-hydrogen) atoms. The van der Waals surface area contributed by atoms with E-state index in [0.717, 1.165) is 11.3 Å². The summed E-state index contributed by atoms with van der Waals surface area (Å²) >= 11 is 0. The van der Waals surface area contributed by atoms with E-state index in [1.54, 1.807) is 6.07 Å². The number of carbonyl (C=O) groups excluding carboxylic acids is 1. The second-order valence-corrected chi connectivity index (χ2v) is 5.59. The first-order chi connectivity index (χ1) is 11.6. The minimum Gasteiger partial charge on any atom is -0.493 e. The lowest BCUT2D eigenvalue weighted by Crippen LogP contribution is -2.28. The SMILES string of the molecule is Cc1ccccc1OCCCC(=O)NCC(O)c1cccc(F)c1. The predicted octanol–water partition coefficient (Wildman–Crippen LogP) is 3.14. The number of benzene rings is 2. The Morgan fingerprint density at radius 3 is 2.79 bits per heavy atom. The van der Waals surface area contributed by atoms with Crippen molar-refractivity contribution in [3.63, 3.8) is 0 Å². The quantitative estimate of drug-likeness (QED) is 0.731. The van der Waals surface area contributed by atoms with Crippen LogP contribution in [0.2, 0.25) is 0 Å². The monoisotopic (exact) mass is 331 g/mol. The Bertz CT molecular complexity index is 675. The average Bonchev–Trinajstić information content (AvgIpc) is 2.58. The molecule has 0 aliphatic heterocycles. The van der Waals surface area contributed by atoms with Crippen molar-refractivity contribution in [2.45, 2.75) is 25.9 Å². The molecule has 2 aromatic carbocycles. The highest BCUT2D eigenvalue weighted by Gasteiger charge is 2.10. The molecule has 0 saturated carbocycles. The van der Waals surface area contributed by atoms with Crippen LogP contribution in [0, 0.1) is 12.7 Å².